The number of amides is 1. The first-order valence-electron chi connectivity index (χ1n) is 10.7. The molecule has 1 aliphatic rings. The predicted molar refractivity (Wildman–Crippen MR) is 121 cm³/mol. The van der Waals surface area contributed by atoms with Crippen LogP contribution in [0.25, 0.3) is 10.8 Å². The maximum Gasteiger partial charge on any atom is 0.253 e. The van der Waals surface area contributed by atoms with Crippen LogP contribution in [0.4, 0.5) is 11.5 Å². The van der Waals surface area contributed by atoms with E-state index >= 15 is 0 Å². The highest BCUT2D eigenvalue weighted by molar-refractivity contribution is 6.09. The Morgan fingerprint density at radius 1 is 1.03 bits per heavy atom. The molecule has 0 unspecified atom stereocenters. The fourth-order valence-electron chi connectivity index (χ4n) is 4.32. The summed E-state index contributed by atoms with van der Waals surface area (Å²) in [7, 11) is 1.65. The minimum Gasteiger partial charge on any atom is -0.497 e. The summed E-state index contributed by atoms with van der Waals surface area (Å²) in [5.41, 5.74) is 1.53. The predicted octanol–water partition coefficient (Wildman–Crippen LogP) is 5.54. The molecule has 5 heteroatoms. The van der Waals surface area contributed by atoms with Crippen LogP contribution in [0.5, 0.6) is 5.75 Å². The van der Waals surface area contributed by atoms with E-state index < -0.39 is 0 Å². The van der Waals surface area contributed by atoms with Gasteiger partial charge in [-0.2, -0.15) is 0 Å². The zero-order valence-corrected chi connectivity index (χ0v) is 17.8. The number of pyridine rings is 1. The third-order valence-corrected chi connectivity index (χ3v) is 6.42. The van der Waals surface area contributed by atoms with Crippen molar-refractivity contribution in [3.8, 4) is 5.75 Å². The van der Waals surface area contributed by atoms with Crippen molar-refractivity contribution in [2.75, 3.05) is 12.4 Å². The monoisotopic (exact) mass is 403 g/mol. The molecular formula is C25H29N3O2. The van der Waals surface area contributed by atoms with Crippen molar-refractivity contribution in [3.05, 3.63) is 60.3 Å². The summed E-state index contributed by atoms with van der Waals surface area (Å²) >= 11 is 0. The summed E-state index contributed by atoms with van der Waals surface area (Å²) < 4.78 is 5.22. The maximum absolute atomic E-state index is 13.1. The Labute approximate surface area is 177 Å². The number of aromatic nitrogens is 1. The van der Waals surface area contributed by atoms with Crippen molar-refractivity contribution in [1.29, 1.82) is 0 Å². The number of carbonyl (C=O) groups is 1. The van der Waals surface area contributed by atoms with E-state index in [1.807, 2.05) is 48.5 Å². The minimum atomic E-state index is -0.0411. The second kappa shape index (κ2) is 8.74. The summed E-state index contributed by atoms with van der Waals surface area (Å²) in [6.45, 7) is 4.52. The van der Waals surface area contributed by atoms with E-state index in [1.54, 1.807) is 13.3 Å². The summed E-state index contributed by atoms with van der Waals surface area (Å²) in [5, 5.41) is 8.46. The van der Waals surface area contributed by atoms with Crippen LogP contribution < -0.4 is 15.4 Å². The van der Waals surface area contributed by atoms with Crippen molar-refractivity contribution in [2.24, 2.45) is 11.8 Å². The minimum absolute atomic E-state index is 0.0411. The molecule has 1 saturated carbocycles. The number of fused-ring (bicyclic) bond motifs is 1. The van der Waals surface area contributed by atoms with Gasteiger partial charge in [0.05, 0.1) is 12.7 Å². The Morgan fingerprint density at radius 2 is 1.77 bits per heavy atom. The SMILES string of the molecule is COc1ccc(Nc2ncc(C(=O)N[C@@H]3CCC[C@H](C)[C@H]3C)c3ccccc23)cc1. The van der Waals surface area contributed by atoms with Crippen LogP contribution in [0.2, 0.25) is 0 Å². The quantitative estimate of drug-likeness (QED) is 0.587. The first kappa shape index (κ1) is 20.2. The molecule has 0 aliphatic heterocycles. The van der Waals surface area contributed by atoms with E-state index in [1.165, 1.54) is 12.8 Å². The van der Waals surface area contributed by atoms with Crippen LogP contribution >= 0.6 is 0 Å². The number of carbonyl (C=O) groups excluding carboxylic acids is 1. The van der Waals surface area contributed by atoms with Gasteiger partial charge in [0.2, 0.25) is 0 Å². The molecule has 1 heterocycles. The number of nitrogens with one attached hydrogen (secondary N) is 2. The van der Waals surface area contributed by atoms with Crippen molar-refractivity contribution in [3.63, 3.8) is 0 Å². The molecule has 4 rings (SSSR count). The van der Waals surface area contributed by atoms with Gasteiger partial charge in [0.15, 0.2) is 0 Å². The molecule has 0 bridgehead atoms. The van der Waals surface area contributed by atoms with E-state index in [4.69, 9.17) is 4.74 Å². The zero-order valence-electron chi connectivity index (χ0n) is 17.8. The summed E-state index contributed by atoms with van der Waals surface area (Å²) in [4.78, 5) is 17.7. The van der Waals surface area contributed by atoms with Crippen LogP contribution in [0.15, 0.2) is 54.7 Å². The van der Waals surface area contributed by atoms with Crippen LogP contribution in [0.3, 0.4) is 0 Å². The lowest BCUT2D eigenvalue weighted by Gasteiger charge is -2.34. The molecular weight excluding hydrogens is 374 g/mol. The Balaban J connectivity index is 1.60. The van der Waals surface area contributed by atoms with Crippen molar-refractivity contribution in [2.45, 2.75) is 39.2 Å². The molecule has 3 atom stereocenters. The topological polar surface area (TPSA) is 63.2 Å². The van der Waals surface area contributed by atoms with Gasteiger partial charge in [0.25, 0.3) is 5.91 Å². The number of nitrogens with zero attached hydrogens (tertiary/aromatic N) is 1. The summed E-state index contributed by atoms with van der Waals surface area (Å²) in [6.07, 6.45) is 5.13. The van der Waals surface area contributed by atoms with Gasteiger partial charge in [-0.25, -0.2) is 4.98 Å². The van der Waals surface area contributed by atoms with Gasteiger partial charge in [-0.1, -0.05) is 51.0 Å². The third-order valence-electron chi connectivity index (χ3n) is 6.42. The van der Waals surface area contributed by atoms with Gasteiger partial charge in [-0.05, 0) is 47.9 Å². The molecule has 0 radical (unpaired) electrons. The van der Waals surface area contributed by atoms with Gasteiger partial charge >= 0.3 is 0 Å². The number of methoxy groups -OCH3 is 1. The van der Waals surface area contributed by atoms with Crippen LogP contribution in [0.1, 0.15) is 43.5 Å². The maximum atomic E-state index is 13.1. The Hall–Kier alpha value is -3.08. The van der Waals surface area contributed by atoms with Gasteiger partial charge in [0, 0.05) is 23.3 Å². The lowest BCUT2D eigenvalue weighted by molar-refractivity contribution is 0.0892. The largest absolute Gasteiger partial charge is 0.497 e. The second-order valence-corrected chi connectivity index (χ2v) is 8.27. The number of hydrogen-bond acceptors (Lipinski definition) is 4. The highest BCUT2D eigenvalue weighted by atomic mass is 16.5. The molecule has 3 aromatic rings. The number of rotatable bonds is 5. The fraction of sp³-hybridized carbons (Fsp3) is 0.360. The zero-order chi connectivity index (χ0) is 21.1. The highest BCUT2D eigenvalue weighted by Crippen LogP contribution is 2.31. The summed E-state index contributed by atoms with van der Waals surface area (Å²) in [5.74, 6) is 2.61. The van der Waals surface area contributed by atoms with E-state index in [9.17, 15) is 4.79 Å². The molecule has 156 valence electrons. The standard InChI is InChI=1S/C25H29N3O2/c1-16-7-6-10-23(17(16)2)28-25(29)22-15-26-24(21-9-5-4-8-20(21)22)27-18-11-13-19(30-3)14-12-18/h4-5,8-9,11-17,23H,6-7,10H2,1-3H3,(H,26,27)(H,28,29)/t16-,17+,23+/m0/s1. The molecule has 1 amide bonds. The molecule has 1 fully saturated rings. The Kier molecular flexibility index (Phi) is 5.88. The van der Waals surface area contributed by atoms with E-state index in [0.717, 1.165) is 34.4 Å². The molecule has 30 heavy (non-hydrogen) atoms. The number of hydrogen-bond donors (Lipinski definition) is 2. The van der Waals surface area contributed by atoms with Gasteiger partial charge < -0.3 is 15.4 Å². The highest BCUT2D eigenvalue weighted by Gasteiger charge is 2.28. The first-order valence-corrected chi connectivity index (χ1v) is 10.7. The van der Waals surface area contributed by atoms with Gasteiger partial charge in [-0.15, -0.1) is 0 Å². The molecule has 2 N–H and O–H groups in total. The molecule has 5 nitrogen and oxygen atoms in total. The van der Waals surface area contributed by atoms with Crippen LogP contribution in [0, 0.1) is 11.8 Å². The van der Waals surface area contributed by atoms with Crippen LogP contribution in [-0.4, -0.2) is 24.0 Å². The van der Waals surface area contributed by atoms with Crippen LogP contribution in [-0.2, 0) is 0 Å². The number of ether oxygens (including phenoxy) is 1. The van der Waals surface area contributed by atoms with E-state index in [0.29, 0.717) is 17.4 Å². The Bertz CT molecular complexity index is 1030. The van der Waals surface area contributed by atoms with Crippen molar-refractivity contribution >= 4 is 28.2 Å². The smallest absolute Gasteiger partial charge is 0.253 e. The van der Waals surface area contributed by atoms with Gasteiger partial charge in [-0.3, -0.25) is 4.79 Å². The van der Waals surface area contributed by atoms with Crippen molar-refractivity contribution < 1.29 is 9.53 Å². The Morgan fingerprint density at radius 3 is 2.50 bits per heavy atom. The normalized spacial score (nSPS) is 21.2. The lowest BCUT2D eigenvalue weighted by Crippen LogP contribution is -2.43. The summed E-state index contributed by atoms with van der Waals surface area (Å²) in [6, 6.07) is 15.8. The average molecular weight is 404 g/mol. The third kappa shape index (κ3) is 4.11. The van der Waals surface area contributed by atoms with Crippen molar-refractivity contribution in [1.82, 2.24) is 10.3 Å². The number of anilines is 2. The lowest BCUT2D eigenvalue weighted by atomic mass is 9.78. The second-order valence-electron chi connectivity index (χ2n) is 8.27. The first-order chi connectivity index (χ1) is 14.6. The fourth-order valence-corrected chi connectivity index (χ4v) is 4.32. The van der Waals surface area contributed by atoms with E-state index in [-0.39, 0.29) is 11.9 Å². The van der Waals surface area contributed by atoms with E-state index in [2.05, 4.69) is 29.5 Å². The average Bonchev–Trinajstić information content (AvgIpc) is 2.77. The molecule has 1 aromatic heterocycles. The molecule has 1 aliphatic carbocycles. The molecule has 0 spiro atoms. The number of benzene rings is 2. The van der Waals surface area contributed by atoms with Gasteiger partial charge in [0.1, 0.15) is 11.6 Å². The molecule has 2 aromatic carbocycles. The molecule has 0 saturated heterocycles.